The van der Waals surface area contributed by atoms with Gasteiger partial charge in [-0.2, -0.15) is 11.3 Å². The molecule has 0 aliphatic rings. The lowest BCUT2D eigenvalue weighted by atomic mass is 10.1. The Kier molecular flexibility index (Phi) is 5.03. The van der Waals surface area contributed by atoms with Crippen molar-refractivity contribution in [2.75, 3.05) is 0 Å². The molecule has 0 saturated heterocycles. The second-order valence-electron chi connectivity index (χ2n) is 6.08. The first-order valence-corrected chi connectivity index (χ1v) is 10.3. The zero-order chi connectivity index (χ0) is 18.0. The van der Waals surface area contributed by atoms with E-state index in [-0.39, 0.29) is 6.54 Å². The summed E-state index contributed by atoms with van der Waals surface area (Å²) in [4.78, 5) is 4.77. The predicted molar refractivity (Wildman–Crippen MR) is 102 cm³/mol. The molecule has 0 bridgehead atoms. The number of aryl methyl sites for hydroxylation is 3. The molecular formula is C19H20N2O2S2. The highest BCUT2D eigenvalue weighted by Crippen LogP contribution is 2.25. The second-order valence-corrected chi connectivity index (χ2v) is 8.56. The Morgan fingerprint density at radius 2 is 1.84 bits per heavy atom. The van der Waals surface area contributed by atoms with Crippen molar-refractivity contribution >= 4 is 21.4 Å². The van der Waals surface area contributed by atoms with Crippen LogP contribution < -0.4 is 4.72 Å². The number of nitrogens with zero attached hydrogens (tertiary/aromatic N) is 1. The van der Waals surface area contributed by atoms with Crippen LogP contribution >= 0.6 is 11.3 Å². The summed E-state index contributed by atoms with van der Waals surface area (Å²) in [5.41, 5.74) is 5.24. The number of hydrogen-bond donors (Lipinski definition) is 1. The predicted octanol–water partition coefficient (Wildman–Crippen LogP) is 4.21. The van der Waals surface area contributed by atoms with Crippen molar-refractivity contribution in [3.63, 3.8) is 0 Å². The van der Waals surface area contributed by atoms with E-state index in [2.05, 4.69) is 9.71 Å². The molecule has 0 spiro atoms. The fourth-order valence-corrected chi connectivity index (χ4v) is 5.17. The van der Waals surface area contributed by atoms with Crippen LogP contribution in [0.1, 0.15) is 22.3 Å². The minimum Gasteiger partial charge on any atom is -0.256 e. The quantitative estimate of drug-likeness (QED) is 0.730. The third kappa shape index (κ3) is 3.81. The topological polar surface area (TPSA) is 59.1 Å². The average Bonchev–Trinajstić information content (AvgIpc) is 3.06. The van der Waals surface area contributed by atoms with E-state index in [1.54, 1.807) is 17.5 Å². The molecule has 0 fully saturated rings. The molecule has 0 saturated carbocycles. The van der Waals surface area contributed by atoms with Crippen LogP contribution in [0.2, 0.25) is 0 Å². The molecule has 0 amide bonds. The van der Waals surface area contributed by atoms with Crippen LogP contribution in [0.25, 0.3) is 11.3 Å². The smallest absolute Gasteiger partial charge is 0.241 e. The molecule has 3 aromatic rings. The lowest BCUT2D eigenvalue weighted by Crippen LogP contribution is -2.25. The van der Waals surface area contributed by atoms with Gasteiger partial charge in [-0.05, 0) is 55.0 Å². The second kappa shape index (κ2) is 7.07. The van der Waals surface area contributed by atoms with Crippen LogP contribution in [-0.2, 0) is 16.6 Å². The maximum absolute atomic E-state index is 12.8. The maximum Gasteiger partial charge on any atom is 0.241 e. The van der Waals surface area contributed by atoms with Crippen molar-refractivity contribution < 1.29 is 8.42 Å². The van der Waals surface area contributed by atoms with Gasteiger partial charge in [-0.25, -0.2) is 13.1 Å². The summed E-state index contributed by atoms with van der Waals surface area (Å²) in [6, 6.07) is 9.49. The molecule has 25 heavy (non-hydrogen) atoms. The standard InChI is InChI=1S/C19H20N2O2S2/c1-13-9-14(2)19(15(3)10-13)25(22,23)21-11-16-5-4-7-20-18(16)17-6-8-24-12-17/h4-10,12,21H,11H2,1-3H3. The van der Waals surface area contributed by atoms with Gasteiger partial charge in [0.15, 0.2) is 0 Å². The normalized spacial score (nSPS) is 11.6. The van der Waals surface area contributed by atoms with Gasteiger partial charge in [0.25, 0.3) is 0 Å². The number of aromatic nitrogens is 1. The minimum atomic E-state index is -3.60. The van der Waals surface area contributed by atoms with Gasteiger partial charge in [0.2, 0.25) is 10.0 Å². The van der Waals surface area contributed by atoms with E-state index in [0.29, 0.717) is 4.90 Å². The minimum absolute atomic E-state index is 0.202. The molecule has 3 rings (SSSR count). The van der Waals surface area contributed by atoms with Gasteiger partial charge in [0.05, 0.1) is 10.6 Å². The molecule has 1 N–H and O–H groups in total. The van der Waals surface area contributed by atoms with Crippen molar-refractivity contribution in [1.82, 2.24) is 9.71 Å². The van der Waals surface area contributed by atoms with Crippen LogP contribution in [0, 0.1) is 20.8 Å². The zero-order valence-corrected chi connectivity index (χ0v) is 16.0. The molecule has 2 aromatic heterocycles. The van der Waals surface area contributed by atoms with E-state index in [9.17, 15) is 8.42 Å². The summed E-state index contributed by atoms with van der Waals surface area (Å²) in [5, 5.41) is 3.99. The summed E-state index contributed by atoms with van der Waals surface area (Å²) in [5.74, 6) is 0. The average molecular weight is 373 g/mol. The van der Waals surface area contributed by atoms with Crippen molar-refractivity contribution in [2.24, 2.45) is 0 Å². The largest absolute Gasteiger partial charge is 0.256 e. The lowest BCUT2D eigenvalue weighted by Gasteiger charge is -2.14. The molecule has 0 radical (unpaired) electrons. The van der Waals surface area contributed by atoms with Gasteiger partial charge in [-0.3, -0.25) is 4.98 Å². The first kappa shape index (κ1) is 17.8. The number of nitrogens with one attached hydrogen (secondary N) is 1. The number of pyridine rings is 1. The van der Waals surface area contributed by atoms with Crippen molar-refractivity contribution in [3.8, 4) is 11.3 Å². The zero-order valence-electron chi connectivity index (χ0n) is 14.4. The van der Waals surface area contributed by atoms with Gasteiger partial charge in [0, 0.05) is 23.7 Å². The molecule has 0 aliphatic carbocycles. The van der Waals surface area contributed by atoms with Gasteiger partial charge < -0.3 is 0 Å². The third-order valence-corrected chi connectivity index (χ3v) is 6.40. The number of benzene rings is 1. The highest BCUT2D eigenvalue weighted by molar-refractivity contribution is 7.89. The first-order valence-electron chi connectivity index (χ1n) is 7.92. The number of sulfonamides is 1. The van der Waals surface area contributed by atoms with E-state index < -0.39 is 10.0 Å². The lowest BCUT2D eigenvalue weighted by molar-refractivity contribution is 0.580. The van der Waals surface area contributed by atoms with Crippen LogP contribution in [0.15, 0.2) is 52.2 Å². The number of hydrogen-bond acceptors (Lipinski definition) is 4. The molecule has 0 unspecified atom stereocenters. The van der Waals surface area contributed by atoms with Crippen molar-refractivity contribution in [3.05, 3.63) is 69.5 Å². The van der Waals surface area contributed by atoms with Gasteiger partial charge >= 0.3 is 0 Å². The molecule has 0 atom stereocenters. The summed E-state index contributed by atoms with van der Waals surface area (Å²) in [6.45, 7) is 5.82. The van der Waals surface area contributed by atoms with E-state index >= 15 is 0 Å². The molecule has 130 valence electrons. The van der Waals surface area contributed by atoms with Gasteiger partial charge in [-0.1, -0.05) is 23.8 Å². The third-order valence-electron chi connectivity index (χ3n) is 4.01. The Morgan fingerprint density at radius 1 is 1.12 bits per heavy atom. The molecule has 0 aliphatic heterocycles. The number of rotatable bonds is 5. The molecule has 6 heteroatoms. The van der Waals surface area contributed by atoms with Crippen LogP contribution in [-0.4, -0.2) is 13.4 Å². The highest BCUT2D eigenvalue weighted by Gasteiger charge is 2.20. The first-order chi connectivity index (χ1) is 11.9. The monoisotopic (exact) mass is 372 g/mol. The summed E-state index contributed by atoms with van der Waals surface area (Å²) in [6.07, 6.45) is 1.72. The number of thiophene rings is 1. The summed E-state index contributed by atoms with van der Waals surface area (Å²) >= 11 is 1.59. The molecule has 1 aromatic carbocycles. The van der Waals surface area contributed by atoms with Crippen LogP contribution in [0.4, 0.5) is 0 Å². The van der Waals surface area contributed by atoms with Crippen LogP contribution in [0.5, 0.6) is 0 Å². The fourth-order valence-electron chi connectivity index (χ4n) is 3.08. The Morgan fingerprint density at radius 3 is 2.48 bits per heavy atom. The van der Waals surface area contributed by atoms with E-state index in [4.69, 9.17) is 0 Å². The van der Waals surface area contributed by atoms with Gasteiger partial charge in [-0.15, -0.1) is 0 Å². The van der Waals surface area contributed by atoms with Crippen molar-refractivity contribution in [1.29, 1.82) is 0 Å². The van der Waals surface area contributed by atoms with Crippen LogP contribution in [0.3, 0.4) is 0 Å². The Hall–Kier alpha value is -2.02. The van der Waals surface area contributed by atoms with Crippen molar-refractivity contribution in [2.45, 2.75) is 32.2 Å². The SMILES string of the molecule is Cc1cc(C)c(S(=O)(=O)NCc2cccnc2-c2ccsc2)c(C)c1. The fraction of sp³-hybridized carbons (Fsp3) is 0.211. The van der Waals surface area contributed by atoms with E-state index in [1.165, 1.54) is 0 Å². The molecule has 4 nitrogen and oxygen atoms in total. The Labute approximate surface area is 152 Å². The molecule has 2 heterocycles. The van der Waals surface area contributed by atoms with E-state index in [1.807, 2.05) is 61.9 Å². The summed E-state index contributed by atoms with van der Waals surface area (Å²) in [7, 11) is -3.60. The summed E-state index contributed by atoms with van der Waals surface area (Å²) < 4.78 is 28.4. The van der Waals surface area contributed by atoms with E-state index in [0.717, 1.165) is 33.5 Å². The Bertz CT molecular complexity index is 971. The maximum atomic E-state index is 12.8. The Balaban J connectivity index is 1.90. The molecular weight excluding hydrogens is 352 g/mol. The highest BCUT2D eigenvalue weighted by atomic mass is 32.2. The van der Waals surface area contributed by atoms with Gasteiger partial charge in [0.1, 0.15) is 0 Å².